The van der Waals surface area contributed by atoms with Crippen LogP contribution in [-0.4, -0.2) is 0 Å². The lowest BCUT2D eigenvalue weighted by Crippen LogP contribution is -2.25. The van der Waals surface area contributed by atoms with Crippen LogP contribution in [0.2, 0.25) is 0 Å². The fraction of sp³-hybridized carbons (Fsp3) is 0.172. The molecule has 0 aromatic heterocycles. The standard InChI is InChI=1S/C29H28S/c1-2-12-24-19-21-25(22-20-24)23-30-29(26-13-6-3-7-14-26,27-15-8-4-9-16-27)28-17-10-5-11-18-28/h3-11,13-22H,2,12,23H2,1H3. The summed E-state index contributed by atoms with van der Waals surface area (Å²) in [4.78, 5) is 0. The zero-order chi connectivity index (χ0) is 20.7. The molecule has 0 saturated carbocycles. The Hall–Kier alpha value is -2.77. The lowest BCUT2D eigenvalue weighted by atomic mass is 9.84. The van der Waals surface area contributed by atoms with Crippen LogP contribution >= 0.6 is 11.8 Å². The molecule has 4 rings (SSSR count). The second-order valence-corrected chi connectivity index (χ2v) is 8.82. The van der Waals surface area contributed by atoms with Crippen LogP contribution in [0.25, 0.3) is 0 Å². The van der Waals surface area contributed by atoms with E-state index in [9.17, 15) is 0 Å². The van der Waals surface area contributed by atoms with Crippen LogP contribution in [0.15, 0.2) is 115 Å². The van der Waals surface area contributed by atoms with Crippen LogP contribution in [0.1, 0.15) is 41.2 Å². The average Bonchev–Trinajstić information content (AvgIpc) is 2.83. The summed E-state index contributed by atoms with van der Waals surface area (Å²) in [6.07, 6.45) is 2.34. The highest BCUT2D eigenvalue weighted by atomic mass is 32.2. The van der Waals surface area contributed by atoms with Gasteiger partial charge in [0.1, 0.15) is 0 Å². The summed E-state index contributed by atoms with van der Waals surface area (Å²) < 4.78 is -0.258. The summed E-state index contributed by atoms with van der Waals surface area (Å²) in [6.45, 7) is 2.23. The van der Waals surface area contributed by atoms with E-state index in [-0.39, 0.29) is 4.75 Å². The lowest BCUT2D eigenvalue weighted by Gasteiger charge is -2.35. The molecule has 0 radical (unpaired) electrons. The second kappa shape index (κ2) is 9.82. The second-order valence-electron chi connectivity index (χ2n) is 7.63. The Kier molecular flexibility index (Phi) is 6.71. The molecule has 4 aromatic rings. The molecule has 0 fully saturated rings. The molecule has 0 N–H and O–H groups in total. The fourth-order valence-electron chi connectivity index (χ4n) is 4.05. The van der Waals surface area contributed by atoms with Crippen LogP contribution in [0.4, 0.5) is 0 Å². The van der Waals surface area contributed by atoms with E-state index in [1.54, 1.807) is 0 Å². The molecule has 0 aliphatic carbocycles. The molecule has 0 spiro atoms. The summed E-state index contributed by atoms with van der Waals surface area (Å²) in [5.74, 6) is 0.949. The van der Waals surface area contributed by atoms with Gasteiger partial charge < -0.3 is 0 Å². The Morgan fingerprint density at radius 2 is 0.933 bits per heavy atom. The van der Waals surface area contributed by atoms with Crippen molar-refractivity contribution in [1.29, 1.82) is 0 Å². The molecule has 1 heteroatoms. The average molecular weight is 409 g/mol. The first-order valence-corrected chi connectivity index (χ1v) is 11.7. The third kappa shape index (κ3) is 4.37. The Morgan fingerprint density at radius 1 is 0.533 bits per heavy atom. The smallest absolute Gasteiger partial charge is 0.0910 e. The molecule has 4 aromatic carbocycles. The highest BCUT2D eigenvalue weighted by molar-refractivity contribution is 7.99. The molecule has 150 valence electrons. The first kappa shape index (κ1) is 20.5. The number of aryl methyl sites for hydroxylation is 1. The van der Waals surface area contributed by atoms with Gasteiger partial charge in [-0.05, 0) is 34.2 Å². The van der Waals surface area contributed by atoms with Crippen molar-refractivity contribution in [3.8, 4) is 0 Å². The van der Waals surface area contributed by atoms with Gasteiger partial charge in [-0.2, -0.15) is 0 Å². The zero-order valence-corrected chi connectivity index (χ0v) is 18.3. The molecule has 0 amide bonds. The van der Waals surface area contributed by atoms with E-state index in [2.05, 4.69) is 122 Å². The summed E-state index contributed by atoms with van der Waals surface area (Å²) in [6, 6.07) is 41.9. The van der Waals surface area contributed by atoms with Crippen molar-refractivity contribution in [2.24, 2.45) is 0 Å². The van der Waals surface area contributed by atoms with Gasteiger partial charge in [0, 0.05) is 5.75 Å². The topological polar surface area (TPSA) is 0 Å². The predicted octanol–water partition coefficient (Wildman–Crippen LogP) is 7.86. The molecule has 0 unspecified atom stereocenters. The van der Waals surface area contributed by atoms with Gasteiger partial charge in [-0.15, -0.1) is 11.8 Å². The van der Waals surface area contributed by atoms with Crippen molar-refractivity contribution < 1.29 is 0 Å². The van der Waals surface area contributed by atoms with Crippen molar-refractivity contribution in [3.63, 3.8) is 0 Å². The Labute approximate surface area is 185 Å². The summed E-state index contributed by atoms with van der Waals surface area (Å²) in [5.41, 5.74) is 6.73. The summed E-state index contributed by atoms with van der Waals surface area (Å²) in [7, 11) is 0. The maximum absolute atomic E-state index is 2.30. The normalized spacial score (nSPS) is 11.4. The van der Waals surface area contributed by atoms with Crippen molar-refractivity contribution in [1.82, 2.24) is 0 Å². The number of hydrogen-bond donors (Lipinski definition) is 0. The van der Waals surface area contributed by atoms with Gasteiger partial charge in [-0.1, -0.05) is 129 Å². The van der Waals surface area contributed by atoms with Gasteiger partial charge in [-0.25, -0.2) is 0 Å². The van der Waals surface area contributed by atoms with Gasteiger partial charge in [-0.3, -0.25) is 0 Å². The largest absolute Gasteiger partial charge is 0.136 e. The first-order valence-electron chi connectivity index (χ1n) is 10.7. The molecular weight excluding hydrogens is 380 g/mol. The van der Waals surface area contributed by atoms with E-state index in [1.165, 1.54) is 34.2 Å². The molecule has 0 atom stereocenters. The van der Waals surface area contributed by atoms with Gasteiger partial charge in [0.05, 0.1) is 4.75 Å². The minimum atomic E-state index is -0.258. The predicted molar refractivity (Wildman–Crippen MR) is 131 cm³/mol. The van der Waals surface area contributed by atoms with Crippen molar-refractivity contribution in [3.05, 3.63) is 143 Å². The van der Waals surface area contributed by atoms with E-state index < -0.39 is 0 Å². The molecule has 0 bridgehead atoms. The molecule has 0 nitrogen and oxygen atoms in total. The van der Waals surface area contributed by atoms with Crippen LogP contribution in [0.3, 0.4) is 0 Å². The summed E-state index contributed by atoms with van der Waals surface area (Å²) >= 11 is 2.00. The molecular formula is C29H28S. The van der Waals surface area contributed by atoms with Gasteiger partial charge in [0.2, 0.25) is 0 Å². The maximum Gasteiger partial charge on any atom is 0.0910 e. The van der Waals surface area contributed by atoms with Crippen molar-refractivity contribution in [2.75, 3.05) is 0 Å². The SMILES string of the molecule is CCCc1ccc(CSC(c2ccccc2)(c2ccccc2)c2ccccc2)cc1. The van der Waals surface area contributed by atoms with Crippen molar-refractivity contribution in [2.45, 2.75) is 30.3 Å². The van der Waals surface area contributed by atoms with Crippen molar-refractivity contribution >= 4 is 11.8 Å². The third-order valence-corrected chi connectivity index (χ3v) is 7.18. The van der Waals surface area contributed by atoms with Gasteiger partial charge in [0.25, 0.3) is 0 Å². The van der Waals surface area contributed by atoms with Crippen LogP contribution in [0, 0.1) is 0 Å². The number of rotatable bonds is 8. The Balaban J connectivity index is 1.78. The quantitative estimate of drug-likeness (QED) is 0.267. The number of hydrogen-bond acceptors (Lipinski definition) is 1. The van der Waals surface area contributed by atoms with Gasteiger partial charge >= 0.3 is 0 Å². The van der Waals surface area contributed by atoms with Gasteiger partial charge in [0.15, 0.2) is 0 Å². The first-order chi connectivity index (χ1) is 14.8. The highest BCUT2D eigenvalue weighted by Gasteiger charge is 2.36. The van der Waals surface area contributed by atoms with E-state index in [1.807, 2.05) is 11.8 Å². The molecule has 0 aliphatic rings. The number of thioether (sulfide) groups is 1. The number of benzene rings is 4. The molecule has 30 heavy (non-hydrogen) atoms. The third-order valence-electron chi connectivity index (χ3n) is 5.56. The van der Waals surface area contributed by atoms with E-state index in [0.29, 0.717) is 0 Å². The highest BCUT2D eigenvalue weighted by Crippen LogP contribution is 2.49. The minimum Gasteiger partial charge on any atom is -0.136 e. The van der Waals surface area contributed by atoms with Crippen LogP contribution in [-0.2, 0) is 16.9 Å². The van der Waals surface area contributed by atoms with E-state index >= 15 is 0 Å². The molecule has 0 saturated heterocycles. The van der Waals surface area contributed by atoms with E-state index in [4.69, 9.17) is 0 Å². The Morgan fingerprint density at radius 3 is 1.33 bits per heavy atom. The van der Waals surface area contributed by atoms with Crippen LogP contribution in [0.5, 0.6) is 0 Å². The van der Waals surface area contributed by atoms with E-state index in [0.717, 1.165) is 12.2 Å². The summed E-state index contributed by atoms with van der Waals surface area (Å²) in [5, 5.41) is 0. The monoisotopic (exact) mass is 408 g/mol. The fourth-order valence-corrected chi connectivity index (χ4v) is 5.53. The lowest BCUT2D eigenvalue weighted by molar-refractivity contribution is 0.893. The van der Waals surface area contributed by atoms with Crippen LogP contribution < -0.4 is 0 Å². The molecule has 0 heterocycles. The zero-order valence-electron chi connectivity index (χ0n) is 17.5. The maximum atomic E-state index is 2.30. The Bertz CT molecular complexity index is 925. The molecule has 0 aliphatic heterocycles. The minimum absolute atomic E-state index is 0.258.